The summed E-state index contributed by atoms with van der Waals surface area (Å²) in [6.45, 7) is 0. The number of aromatic nitrogens is 3. The van der Waals surface area contributed by atoms with Crippen LogP contribution in [0.25, 0.3) is 11.4 Å². The van der Waals surface area contributed by atoms with Gasteiger partial charge in [-0.1, -0.05) is 0 Å². The van der Waals surface area contributed by atoms with Gasteiger partial charge in [0.05, 0.1) is 12.7 Å². The SMILES string of the molecule is COc1ccc(O)c(-c2nc[nH]n2)c1. The third kappa shape index (κ3) is 1.39. The van der Waals surface area contributed by atoms with E-state index in [1.54, 1.807) is 25.3 Å². The molecule has 0 bridgehead atoms. The van der Waals surface area contributed by atoms with Gasteiger partial charge in [0.25, 0.3) is 0 Å². The smallest absolute Gasteiger partial charge is 0.184 e. The summed E-state index contributed by atoms with van der Waals surface area (Å²) in [6, 6.07) is 4.90. The minimum absolute atomic E-state index is 0.130. The van der Waals surface area contributed by atoms with Gasteiger partial charge in [-0.25, -0.2) is 4.98 Å². The molecule has 0 saturated heterocycles. The highest BCUT2D eigenvalue weighted by Crippen LogP contribution is 2.29. The molecule has 1 aromatic carbocycles. The second-order valence-electron chi connectivity index (χ2n) is 2.71. The maximum Gasteiger partial charge on any atom is 0.184 e. The molecule has 0 fully saturated rings. The molecule has 0 aliphatic heterocycles. The van der Waals surface area contributed by atoms with Crippen LogP contribution in [0, 0.1) is 0 Å². The number of rotatable bonds is 2. The van der Waals surface area contributed by atoms with E-state index < -0.39 is 0 Å². The second-order valence-corrected chi connectivity index (χ2v) is 2.71. The van der Waals surface area contributed by atoms with Crippen molar-refractivity contribution in [3.63, 3.8) is 0 Å². The zero-order valence-electron chi connectivity index (χ0n) is 7.56. The molecule has 72 valence electrons. The van der Waals surface area contributed by atoms with Gasteiger partial charge < -0.3 is 9.84 Å². The van der Waals surface area contributed by atoms with E-state index in [1.165, 1.54) is 6.33 Å². The molecule has 1 heterocycles. The fourth-order valence-electron chi connectivity index (χ4n) is 1.16. The van der Waals surface area contributed by atoms with Crippen LogP contribution in [0.1, 0.15) is 0 Å². The molecular formula is C9H9N3O2. The van der Waals surface area contributed by atoms with Gasteiger partial charge in [0.15, 0.2) is 5.82 Å². The first-order chi connectivity index (χ1) is 6.81. The maximum atomic E-state index is 9.55. The standard InChI is InChI=1S/C9H9N3O2/c1-14-6-2-3-8(13)7(4-6)9-10-5-11-12-9/h2-5,13H,1H3,(H,10,11,12). The first kappa shape index (κ1) is 8.55. The van der Waals surface area contributed by atoms with E-state index in [9.17, 15) is 5.11 Å². The van der Waals surface area contributed by atoms with Crippen LogP contribution in [-0.2, 0) is 0 Å². The number of nitrogens with zero attached hydrogens (tertiary/aromatic N) is 2. The minimum Gasteiger partial charge on any atom is -0.507 e. The van der Waals surface area contributed by atoms with Crippen molar-refractivity contribution >= 4 is 0 Å². The number of hydrogen-bond acceptors (Lipinski definition) is 4. The van der Waals surface area contributed by atoms with E-state index in [0.717, 1.165) is 0 Å². The van der Waals surface area contributed by atoms with E-state index in [2.05, 4.69) is 15.2 Å². The highest BCUT2D eigenvalue weighted by molar-refractivity contribution is 5.65. The topological polar surface area (TPSA) is 71.0 Å². The molecule has 0 unspecified atom stereocenters. The Balaban J connectivity index is 2.51. The Hall–Kier alpha value is -2.04. The van der Waals surface area contributed by atoms with Crippen LogP contribution in [0.4, 0.5) is 0 Å². The molecule has 5 nitrogen and oxygen atoms in total. The molecule has 0 radical (unpaired) electrons. The number of ether oxygens (including phenoxy) is 1. The van der Waals surface area contributed by atoms with E-state index in [4.69, 9.17) is 4.74 Å². The van der Waals surface area contributed by atoms with Crippen LogP contribution in [0.5, 0.6) is 11.5 Å². The summed E-state index contributed by atoms with van der Waals surface area (Å²) in [5, 5.41) is 16.0. The molecule has 0 aliphatic carbocycles. The zero-order chi connectivity index (χ0) is 9.97. The molecule has 2 rings (SSSR count). The van der Waals surface area contributed by atoms with Crippen molar-refractivity contribution in [1.82, 2.24) is 15.2 Å². The van der Waals surface area contributed by atoms with Crippen LogP contribution >= 0.6 is 0 Å². The lowest BCUT2D eigenvalue weighted by atomic mass is 10.2. The van der Waals surface area contributed by atoms with Crippen molar-refractivity contribution in [3.8, 4) is 22.9 Å². The van der Waals surface area contributed by atoms with Gasteiger partial charge in [0.2, 0.25) is 0 Å². The number of methoxy groups -OCH3 is 1. The largest absolute Gasteiger partial charge is 0.507 e. The Kier molecular flexibility index (Phi) is 2.06. The Morgan fingerprint density at radius 2 is 2.29 bits per heavy atom. The Bertz CT molecular complexity index is 426. The van der Waals surface area contributed by atoms with Crippen LogP contribution in [0.15, 0.2) is 24.5 Å². The molecule has 1 aromatic heterocycles. The first-order valence-electron chi connectivity index (χ1n) is 4.04. The lowest BCUT2D eigenvalue weighted by Crippen LogP contribution is -1.86. The molecule has 14 heavy (non-hydrogen) atoms. The van der Waals surface area contributed by atoms with Gasteiger partial charge in [-0.15, -0.1) is 0 Å². The van der Waals surface area contributed by atoms with E-state index in [-0.39, 0.29) is 5.75 Å². The molecule has 0 saturated carbocycles. The van der Waals surface area contributed by atoms with Crippen LogP contribution < -0.4 is 4.74 Å². The summed E-state index contributed by atoms with van der Waals surface area (Å²) in [4.78, 5) is 3.94. The zero-order valence-corrected chi connectivity index (χ0v) is 7.56. The van der Waals surface area contributed by atoms with Gasteiger partial charge in [0.1, 0.15) is 17.8 Å². The molecule has 2 aromatic rings. The van der Waals surface area contributed by atoms with Gasteiger partial charge >= 0.3 is 0 Å². The van der Waals surface area contributed by atoms with E-state index >= 15 is 0 Å². The average molecular weight is 191 g/mol. The van der Waals surface area contributed by atoms with Crippen LogP contribution in [-0.4, -0.2) is 27.4 Å². The van der Waals surface area contributed by atoms with Crippen molar-refractivity contribution < 1.29 is 9.84 Å². The molecule has 0 atom stereocenters. The van der Waals surface area contributed by atoms with Gasteiger partial charge in [-0.3, -0.25) is 5.10 Å². The highest BCUT2D eigenvalue weighted by atomic mass is 16.5. The average Bonchev–Trinajstić information content (AvgIpc) is 2.71. The number of phenols is 1. The van der Waals surface area contributed by atoms with Crippen molar-refractivity contribution in [2.75, 3.05) is 7.11 Å². The number of aromatic amines is 1. The van der Waals surface area contributed by atoms with E-state index in [0.29, 0.717) is 17.1 Å². The summed E-state index contributed by atoms with van der Waals surface area (Å²) < 4.78 is 5.03. The van der Waals surface area contributed by atoms with Gasteiger partial charge in [-0.05, 0) is 18.2 Å². The van der Waals surface area contributed by atoms with Crippen molar-refractivity contribution in [3.05, 3.63) is 24.5 Å². The molecule has 0 amide bonds. The minimum atomic E-state index is 0.130. The second kappa shape index (κ2) is 3.37. The molecule has 0 spiro atoms. The Labute approximate surface area is 80.4 Å². The fourth-order valence-corrected chi connectivity index (χ4v) is 1.16. The number of H-pyrrole nitrogens is 1. The van der Waals surface area contributed by atoms with Crippen LogP contribution in [0.2, 0.25) is 0 Å². The maximum absolute atomic E-state index is 9.55. The number of benzene rings is 1. The number of phenolic OH excluding ortho intramolecular Hbond substituents is 1. The molecule has 5 heteroatoms. The van der Waals surface area contributed by atoms with E-state index in [1.807, 2.05) is 0 Å². The predicted molar refractivity (Wildman–Crippen MR) is 50.0 cm³/mol. The number of aromatic hydroxyl groups is 1. The molecule has 0 aliphatic rings. The summed E-state index contributed by atoms with van der Waals surface area (Å²) in [5.74, 6) is 1.23. The third-order valence-corrected chi connectivity index (χ3v) is 1.86. The highest BCUT2D eigenvalue weighted by Gasteiger charge is 2.08. The Morgan fingerprint density at radius 1 is 1.43 bits per heavy atom. The summed E-state index contributed by atoms with van der Waals surface area (Å²) in [5.41, 5.74) is 0.547. The fraction of sp³-hybridized carbons (Fsp3) is 0.111. The lowest BCUT2D eigenvalue weighted by molar-refractivity contribution is 0.412. The van der Waals surface area contributed by atoms with Crippen molar-refractivity contribution in [2.24, 2.45) is 0 Å². The predicted octanol–water partition coefficient (Wildman–Crippen LogP) is 1.19. The summed E-state index contributed by atoms with van der Waals surface area (Å²) >= 11 is 0. The van der Waals surface area contributed by atoms with Gasteiger partial charge in [-0.2, -0.15) is 5.10 Å². The number of nitrogens with one attached hydrogen (secondary N) is 1. The summed E-state index contributed by atoms with van der Waals surface area (Å²) in [6.07, 6.45) is 1.45. The normalized spacial score (nSPS) is 10.1. The van der Waals surface area contributed by atoms with Gasteiger partial charge in [0, 0.05) is 0 Å². The monoisotopic (exact) mass is 191 g/mol. The number of hydrogen-bond donors (Lipinski definition) is 2. The van der Waals surface area contributed by atoms with Crippen molar-refractivity contribution in [2.45, 2.75) is 0 Å². The first-order valence-corrected chi connectivity index (χ1v) is 4.04. The quantitative estimate of drug-likeness (QED) is 0.747. The van der Waals surface area contributed by atoms with Crippen LogP contribution in [0.3, 0.4) is 0 Å². The summed E-state index contributed by atoms with van der Waals surface area (Å²) in [7, 11) is 1.56. The van der Waals surface area contributed by atoms with Crippen molar-refractivity contribution in [1.29, 1.82) is 0 Å². The Morgan fingerprint density at radius 3 is 2.93 bits per heavy atom. The third-order valence-electron chi connectivity index (χ3n) is 1.86. The lowest BCUT2D eigenvalue weighted by Gasteiger charge is -2.03. The molecular weight excluding hydrogens is 182 g/mol. The molecule has 2 N–H and O–H groups in total.